The van der Waals surface area contributed by atoms with Gasteiger partial charge in [0.15, 0.2) is 6.23 Å². The van der Waals surface area contributed by atoms with Crippen molar-refractivity contribution in [1.29, 1.82) is 0 Å². The van der Waals surface area contributed by atoms with E-state index >= 15 is 0 Å². The Balaban J connectivity index is 0. The molecule has 0 aliphatic carbocycles. The lowest BCUT2D eigenvalue weighted by molar-refractivity contribution is -0.144. The van der Waals surface area contributed by atoms with Crippen LogP contribution in [0.3, 0.4) is 0 Å². The third-order valence-electron chi connectivity index (χ3n) is 1.90. The molecule has 0 fully saturated rings. The van der Waals surface area contributed by atoms with Gasteiger partial charge in [0, 0.05) is 17.7 Å². The second kappa shape index (κ2) is 12.2. The summed E-state index contributed by atoms with van der Waals surface area (Å²) in [5.41, 5.74) is 0.280. The molecule has 6 nitrogen and oxygen atoms in total. The molecule has 0 aromatic carbocycles. The topological polar surface area (TPSA) is 76.7 Å². The van der Waals surface area contributed by atoms with Crippen molar-refractivity contribution in [2.75, 3.05) is 6.61 Å². The van der Waals surface area contributed by atoms with E-state index in [2.05, 4.69) is 49.6 Å². The van der Waals surface area contributed by atoms with Gasteiger partial charge >= 0.3 is 12.1 Å². The first-order valence-corrected chi connectivity index (χ1v) is 7.15. The van der Waals surface area contributed by atoms with Crippen LogP contribution in [0.4, 0.5) is 4.79 Å². The van der Waals surface area contributed by atoms with E-state index in [9.17, 15) is 9.59 Å². The minimum Gasteiger partial charge on any atom is -0.450 e. The lowest BCUT2D eigenvalue weighted by Crippen LogP contribution is -2.36. The second-order valence-corrected chi connectivity index (χ2v) is 5.17. The number of rotatable bonds is 6. The van der Waals surface area contributed by atoms with Gasteiger partial charge < -0.3 is 14.8 Å². The number of nitrogens with one attached hydrogen (secondary N) is 2. The lowest BCUT2D eigenvalue weighted by atomic mass is 10.3. The van der Waals surface area contributed by atoms with Crippen LogP contribution in [-0.2, 0) is 14.3 Å². The molecule has 0 rings (SSSR count). The minimum atomic E-state index is -0.724. The molecular weight excluding hydrogens is 272 g/mol. The highest BCUT2D eigenvalue weighted by molar-refractivity contribution is 5.87. The van der Waals surface area contributed by atoms with E-state index in [1.165, 1.54) is 13.8 Å². The van der Waals surface area contributed by atoms with Crippen LogP contribution in [-0.4, -0.2) is 37.0 Å². The number of esters is 1. The molecule has 0 bridgehead atoms. The van der Waals surface area contributed by atoms with Gasteiger partial charge in [-0.25, -0.2) is 9.59 Å². The Labute approximate surface area is 128 Å². The molecule has 2 N–H and O–H groups in total. The summed E-state index contributed by atoms with van der Waals surface area (Å²) in [4.78, 5) is 21.8. The van der Waals surface area contributed by atoms with Crippen molar-refractivity contribution >= 4 is 12.1 Å². The van der Waals surface area contributed by atoms with Crippen LogP contribution >= 0.6 is 0 Å². The van der Waals surface area contributed by atoms with Crippen LogP contribution < -0.4 is 10.6 Å². The molecule has 0 aromatic rings. The van der Waals surface area contributed by atoms with Crippen molar-refractivity contribution in [3.05, 3.63) is 12.2 Å². The molecule has 0 radical (unpaired) electrons. The zero-order valence-corrected chi connectivity index (χ0v) is 14.3. The fraction of sp³-hybridized carbons (Fsp3) is 0.733. The van der Waals surface area contributed by atoms with Gasteiger partial charge in [-0.3, -0.25) is 5.32 Å². The summed E-state index contributed by atoms with van der Waals surface area (Å²) >= 11 is 0. The average molecular weight is 302 g/mol. The summed E-state index contributed by atoms with van der Waals surface area (Å²) in [5.74, 6) is -0.547. The number of hydrogen-bond donors (Lipinski definition) is 2. The van der Waals surface area contributed by atoms with E-state index in [0.29, 0.717) is 12.1 Å². The largest absolute Gasteiger partial charge is 0.450 e. The van der Waals surface area contributed by atoms with Gasteiger partial charge in [0.1, 0.15) is 0 Å². The van der Waals surface area contributed by atoms with Crippen LogP contribution in [0.25, 0.3) is 0 Å². The summed E-state index contributed by atoms with van der Waals surface area (Å²) in [6.07, 6.45) is -1.34. The fourth-order valence-electron chi connectivity index (χ4n) is 1.30. The molecule has 0 saturated carbocycles. The normalized spacial score (nSPS) is 11.3. The number of ether oxygens (including phenoxy) is 2. The Morgan fingerprint density at radius 2 is 1.57 bits per heavy atom. The highest BCUT2D eigenvalue weighted by atomic mass is 16.6. The number of carbonyl (C=O) groups excluding carboxylic acids is 2. The highest BCUT2D eigenvalue weighted by Gasteiger charge is 2.12. The third-order valence-corrected chi connectivity index (χ3v) is 1.90. The van der Waals surface area contributed by atoms with Crippen molar-refractivity contribution < 1.29 is 19.1 Å². The van der Waals surface area contributed by atoms with Gasteiger partial charge in [0.25, 0.3) is 0 Å². The summed E-state index contributed by atoms with van der Waals surface area (Å²) in [5, 5.41) is 5.63. The van der Waals surface area contributed by atoms with Crippen molar-refractivity contribution in [2.45, 2.75) is 66.8 Å². The summed E-state index contributed by atoms with van der Waals surface area (Å²) in [6, 6.07) is 1.25. The van der Waals surface area contributed by atoms with Gasteiger partial charge in [-0.1, -0.05) is 34.3 Å². The van der Waals surface area contributed by atoms with Crippen molar-refractivity contribution in [1.82, 2.24) is 10.6 Å². The molecule has 1 unspecified atom stereocenters. The van der Waals surface area contributed by atoms with E-state index in [1.807, 2.05) is 0 Å². The Morgan fingerprint density at radius 3 is 1.86 bits per heavy atom. The smallest absolute Gasteiger partial charge is 0.409 e. The molecule has 0 aliphatic heterocycles. The zero-order chi connectivity index (χ0) is 17.0. The maximum Gasteiger partial charge on any atom is 0.409 e. The Kier molecular flexibility index (Phi) is 12.6. The Hall–Kier alpha value is -1.56. The van der Waals surface area contributed by atoms with Gasteiger partial charge in [-0.15, -0.1) is 0 Å². The molecule has 0 aromatic heterocycles. The maximum absolute atomic E-state index is 11.0. The van der Waals surface area contributed by atoms with Crippen LogP contribution in [0.15, 0.2) is 12.2 Å². The number of hydrogen-bond acceptors (Lipinski definition) is 5. The average Bonchev–Trinajstić information content (AvgIpc) is 2.27. The molecule has 0 aliphatic rings. The van der Waals surface area contributed by atoms with Gasteiger partial charge in [-0.2, -0.15) is 0 Å². The molecule has 0 saturated heterocycles. The fourth-order valence-corrected chi connectivity index (χ4v) is 1.30. The Morgan fingerprint density at radius 1 is 1.10 bits per heavy atom. The predicted octanol–water partition coefficient (Wildman–Crippen LogP) is 2.59. The molecule has 0 heterocycles. The van der Waals surface area contributed by atoms with E-state index in [4.69, 9.17) is 4.74 Å². The molecule has 6 heteroatoms. The first-order valence-electron chi connectivity index (χ1n) is 7.15. The van der Waals surface area contributed by atoms with Crippen LogP contribution in [0.5, 0.6) is 0 Å². The number of carbonyl (C=O) groups is 2. The van der Waals surface area contributed by atoms with Gasteiger partial charge in [0.2, 0.25) is 0 Å². The highest BCUT2D eigenvalue weighted by Crippen LogP contribution is 1.96. The van der Waals surface area contributed by atoms with Crippen LogP contribution in [0.2, 0.25) is 0 Å². The predicted molar refractivity (Wildman–Crippen MR) is 83.9 cm³/mol. The maximum atomic E-state index is 11.0. The Bertz CT molecular complexity index is 322. The van der Waals surface area contributed by atoms with E-state index in [-0.39, 0.29) is 12.2 Å². The quantitative estimate of drug-likeness (QED) is 0.448. The molecule has 21 heavy (non-hydrogen) atoms. The molecule has 0 spiro atoms. The van der Waals surface area contributed by atoms with Crippen molar-refractivity contribution in [3.63, 3.8) is 0 Å². The SMILES string of the molecule is C=C(C)C(=O)OC(C)NC(=O)OCC.CC(C)NC(C)C. The van der Waals surface area contributed by atoms with Gasteiger partial charge in [-0.05, 0) is 20.8 Å². The molecule has 1 amide bonds. The standard InChI is InChI=1S/C9H15NO4.C6H15N/c1-5-13-9(12)10-7(4)14-8(11)6(2)3;1-5(2)7-6(3)4/h7H,2,5H2,1,3-4H3,(H,10,12);5-7H,1-4H3. The molecule has 124 valence electrons. The first-order chi connectivity index (χ1) is 9.59. The zero-order valence-electron chi connectivity index (χ0n) is 14.3. The van der Waals surface area contributed by atoms with E-state index in [1.54, 1.807) is 6.92 Å². The molecular formula is C15H30N2O4. The molecule has 1 atom stereocenters. The number of amides is 1. The van der Waals surface area contributed by atoms with E-state index < -0.39 is 18.3 Å². The van der Waals surface area contributed by atoms with Crippen molar-refractivity contribution in [3.8, 4) is 0 Å². The monoisotopic (exact) mass is 302 g/mol. The third kappa shape index (κ3) is 16.4. The van der Waals surface area contributed by atoms with Crippen molar-refractivity contribution in [2.24, 2.45) is 0 Å². The summed E-state index contributed by atoms with van der Waals surface area (Å²) in [6.45, 7) is 17.0. The number of alkyl carbamates (subject to hydrolysis) is 1. The lowest BCUT2D eigenvalue weighted by Gasteiger charge is -2.14. The van der Waals surface area contributed by atoms with Gasteiger partial charge in [0.05, 0.1) is 6.61 Å². The summed E-state index contributed by atoms with van der Waals surface area (Å²) < 4.78 is 9.37. The summed E-state index contributed by atoms with van der Waals surface area (Å²) in [7, 11) is 0. The van der Waals surface area contributed by atoms with Crippen LogP contribution in [0, 0.1) is 0 Å². The minimum absolute atomic E-state index is 0.271. The second-order valence-electron chi connectivity index (χ2n) is 5.17. The van der Waals surface area contributed by atoms with E-state index in [0.717, 1.165) is 0 Å². The first kappa shape index (κ1) is 21.7. The van der Waals surface area contributed by atoms with Crippen LogP contribution in [0.1, 0.15) is 48.5 Å².